The molecule has 1 heterocycles. The monoisotopic (exact) mass is 359 g/mol. The molecule has 4 N–H and O–H groups in total. The number of hydrogen-bond donors (Lipinski definition) is 3. The quantitative estimate of drug-likeness (QED) is 0.645. The van der Waals surface area contributed by atoms with Crippen LogP contribution in [0, 0.1) is 17.2 Å². The minimum Gasteiger partial charge on any atom is -0.481 e. The number of benzene rings is 1. The minimum atomic E-state index is -3.70. The van der Waals surface area contributed by atoms with Crippen molar-refractivity contribution in [2.45, 2.75) is 12.6 Å². The number of anilines is 1. The van der Waals surface area contributed by atoms with E-state index in [0.29, 0.717) is 22.5 Å². The fourth-order valence-electron chi connectivity index (χ4n) is 2.45. The molecule has 0 aliphatic carbocycles. The Morgan fingerprint density at radius 3 is 2.40 bits per heavy atom. The van der Waals surface area contributed by atoms with E-state index in [4.69, 9.17) is 11.0 Å². The van der Waals surface area contributed by atoms with Gasteiger partial charge in [-0.25, -0.2) is 4.98 Å². The van der Waals surface area contributed by atoms with Gasteiger partial charge in [0.15, 0.2) is 0 Å². The number of nitrogens with zero attached hydrogens (tertiary/aromatic N) is 2. The lowest BCUT2D eigenvalue weighted by atomic mass is 10.0. The molecule has 2 atom stereocenters. The maximum absolute atomic E-state index is 12.5. The Hall–Kier alpha value is -2.68. The van der Waals surface area contributed by atoms with E-state index in [1.54, 1.807) is 36.4 Å². The fourth-order valence-corrected chi connectivity index (χ4v) is 4.33. The van der Waals surface area contributed by atoms with Crippen LogP contribution in [0.1, 0.15) is 16.7 Å². The standard InChI is InChI=1S/C17H18N3O4P/c18-8-12-1-3-13(4-2-12)10-25(23,24)11-15(17(21)22)7-14-5-6-16(19)20-9-14/h1-6,9,15H,7,10-11H2,(H2,19,20)(H,21,22)(H,23,24). The molecule has 0 fully saturated rings. The van der Waals surface area contributed by atoms with Gasteiger partial charge in [0, 0.05) is 18.5 Å². The lowest BCUT2D eigenvalue weighted by Crippen LogP contribution is -2.21. The highest BCUT2D eigenvalue weighted by molar-refractivity contribution is 7.57. The SMILES string of the molecule is N#Cc1ccc(CP(=O)(O)CC(Cc2ccc(N)nc2)C(=O)O)cc1. The third kappa shape index (κ3) is 5.71. The molecule has 2 unspecified atom stereocenters. The van der Waals surface area contributed by atoms with Crippen LogP contribution in [-0.2, 0) is 21.9 Å². The summed E-state index contributed by atoms with van der Waals surface area (Å²) < 4.78 is 12.5. The lowest BCUT2D eigenvalue weighted by Gasteiger charge is -2.17. The molecule has 8 heteroatoms. The molecule has 0 spiro atoms. The first-order valence-electron chi connectivity index (χ1n) is 7.52. The van der Waals surface area contributed by atoms with Crippen LogP contribution in [0.5, 0.6) is 0 Å². The van der Waals surface area contributed by atoms with Gasteiger partial charge in [0.05, 0.1) is 17.6 Å². The highest BCUT2D eigenvalue weighted by Crippen LogP contribution is 2.46. The van der Waals surface area contributed by atoms with Gasteiger partial charge in [-0.2, -0.15) is 5.26 Å². The molecule has 2 rings (SSSR count). The molecule has 25 heavy (non-hydrogen) atoms. The van der Waals surface area contributed by atoms with E-state index in [-0.39, 0.29) is 18.7 Å². The zero-order valence-electron chi connectivity index (χ0n) is 13.4. The van der Waals surface area contributed by atoms with Crippen LogP contribution in [-0.4, -0.2) is 27.1 Å². The molecule has 1 aromatic carbocycles. The smallest absolute Gasteiger partial charge is 0.307 e. The zero-order valence-corrected chi connectivity index (χ0v) is 14.3. The highest BCUT2D eigenvalue weighted by atomic mass is 31.2. The van der Waals surface area contributed by atoms with Crippen LogP contribution in [0.15, 0.2) is 42.6 Å². The Morgan fingerprint density at radius 1 is 1.24 bits per heavy atom. The number of pyridine rings is 1. The largest absolute Gasteiger partial charge is 0.481 e. The van der Waals surface area contributed by atoms with Gasteiger partial charge in [0.2, 0.25) is 7.37 Å². The first-order valence-corrected chi connectivity index (χ1v) is 9.55. The van der Waals surface area contributed by atoms with Crippen molar-refractivity contribution in [2.75, 3.05) is 11.9 Å². The molecular formula is C17H18N3O4P. The van der Waals surface area contributed by atoms with E-state index in [0.717, 1.165) is 0 Å². The number of aromatic nitrogens is 1. The molecule has 0 aliphatic heterocycles. The second-order valence-electron chi connectivity index (χ2n) is 5.83. The number of nitriles is 1. The van der Waals surface area contributed by atoms with E-state index in [1.807, 2.05) is 6.07 Å². The van der Waals surface area contributed by atoms with Crippen LogP contribution in [0.2, 0.25) is 0 Å². The molecule has 2 aromatic rings. The molecular weight excluding hydrogens is 341 g/mol. The number of nitrogen functional groups attached to an aromatic ring is 1. The molecule has 0 saturated heterocycles. The summed E-state index contributed by atoms with van der Waals surface area (Å²) in [6.45, 7) is 0. The predicted molar refractivity (Wildman–Crippen MR) is 93.0 cm³/mol. The van der Waals surface area contributed by atoms with Crippen LogP contribution < -0.4 is 5.73 Å². The molecule has 0 amide bonds. The zero-order chi connectivity index (χ0) is 18.4. The van der Waals surface area contributed by atoms with E-state index in [2.05, 4.69) is 4.98 Å². The van der Waals surface area contributed by atoms with Crippen molar-refractivity contribution >= 4 is 19.2 Å². The van der Waals surface area contributed by atoms with E-state index in [1.165, 1.54) is 6.20 Å². The van der Waals surface area contributed by atoms with E-state index >= 15 is 0 Å². The molecule has 0 bridgehead atoms. The summed E-state index contributed by atoms with van der Waals surface area (Å²) in [5.41, 5.74) is 7.17. The third-order valence-corrected chi connectivity index (χ3v) is 5.57. The van der Waals surface area contributed by atoms with Crippen molar-refractivity contribution in [1.29, 1.82) is 5.26 Å². The maximum atomic E-state index is 12.5. The van der Waals surface area contributed by atoms with Crippen molar-refractivity contribution in [3.05, 3.63) is 59.3 Å². The first kappa shape index (κ1) is 18.7. The molecule has 1 aromatic heterocycles. The van der Waals surface area contributed by atoms with Crippen LogP contribution in [0.25, 0.3) is 0 Å². The fraction of sp³-hybridized carbons (Fsp3) is 0.235. The van der Waals surface area contributed by atoms with Gasteiger partial charge < -0.3 is 15.7 Å². The highest BCUT2D eigenvalue weighted by Gasteiger charge is 2.29. The number of rotatable bonds is 7. The molecule has 0 radical (unpaired) electrons. The number of hydrogen-bond acceptors (Lipinski definition) is 5. The summed E-state index contributed by atoms with van der Waals surface area (Å²) in [5.74, 6) is -1.81. The molecule has 130 valence electrons. The Morgan fingerprint density at radius 2 is 1.88 bits per heavy atom. The average molecular weight is 359 g/mol. The Balaban J connectivity index is 2.08. The van der Waals surface area contributed by atoms with Crippen molar-refractivity contribution < 1.29 is 19.4 Å². The normalized spacial score (nSPS) is 14.2. The topological polar surface area (TPSA) is 137 Å². The summed E-state index contributed by atoms with van der Waals surface area (Å²) in [6.07, 6.45) is 1.09. The number of nitrogens with two attached hydrogens (primary N) is 1. The minimum absolute atomic E-state index is 0.0978. The van der Waals surface area contributed by atoms with Crippen molar-refractivity contribution in [1.82, 2.24) is 4.98 Å². The molecule has 7 nitrogen and oxygen atoms in total. The van der Waals surface area contributed by atoms with E-state index in [9.17, 15) is 19.4 Å². The average Bonchev–Trinajstić information content (AvgIpc) is 2.56. The third-order valence-electron chi connectivity index (χ3n) is 3.70. The van der Waals surface area contributed by atoms with Gasteiger partial charge in [-0.3, -0.25) is 9.36 Å². The second kappa shape index (κ2) is 7.93. The lowest BCUT2D eigenvalue weighted by molar-refractivity contribution is -0.141. The van der Waals surface area contributed by atoms with Crippen LogP contribution in [0.3, 0.4) is 0 Å². The van der Waals surface area contributed by atoms with Gasteiger partial charge in [-0.15, -0.1) is 0 Å². The van der Waals surface area contributed by atoms with Gasteiger partial charge in [-0.05, 0) is 35.7 Å². The molecule has 0 aliphatic rings. The summed E-state index contributed by atoms with van der Waals surface area (Å²) in [6, 6.07) is 11.5. The van der Waals surface area contributed by atoms with Gasteiger partial charge in [-0.1, -0.05) is 18.2 Å². The van der Waals surface area contributed by atoms with Gasteiger partial charge >= 0.3 is 5.97 Å². The number of aliphatic carboxylic acids is 1. The van der Waals surface area contributed by atoms with Crippen LogP contribution >= 0.6 is 7.37 Å². The Kier molecular flexibility index (Phi) is 5.92. The maximum Gasteiger partial charge on any atom is 0.307 e. The summed E-state index contributed by atoms with van der Waals surface area (Å²) in [4.78, 5) is 25.6. The Labute approximate surface area is 145 Å². The Bertz CT molecular complexity index is 828. The van der Waals surface area contributed by atoms with Crippen molar-refractivity contribution in [2.24, 2.45) is 5.92 Å². The predicted octanol–water partition coefficient (Wildman–Crippen LogP) is 2.25. The number of carboxylic acids is 1. The van der Waals surface area contributed by atoms with Crippen LogP contribution in [0.4, 0.5) is 5.82 Å². The first-order chi connectivity index (χ1) is 11.8. The van der Waals surface area contributed by atoms with Gasteiger partial charge in [0.1, 0.15) is 5.82 Å². The van der Waals surface area contributed by atoms with E-state index < -0.39 is 19.3 Å². The second-order valence-corrected chi connectivity index (χ2v) is 8.20. The number of carboxylic acid groups (broad SMARTS) is 1. The van der Waals surface area contributed by atoms with Gasteiger partial charge in [0.25, 0.3) is 0 Å². The summed E-state index contributed by atoms with van der Waals surface area (Å²) >= 11 is 0. The van der Waals surface area contributed by atoms with Crippen molar-refractivity contribution in [3.8, 4) is 6.07 Å². The summed E-state index contributed by atoms with van der Waals surface area (Å²) in [5, 5.41) is 18.1. The molecule has 0 saturated carbocycles. The summed E-state index contributed by atoms with van der Waals surface area (Å²) in [7, 11) is -3.70. The number of carbonyl (C=O) groups is 1. The van der Waals surface area contributed by atoms with Crippen molar-refractivity contribution in [3.63, 3.8) is 0 Å².